The number of carbonyl (C=O) groups is 1. The van der Waals surface area contributed by atoms with Gasteiger partial charge in [0.2, 0.25) is 0 Å². The van der Waals surface area contributed by atoms with Gasteiger partial charge in [-0.2, -0.15) is 5.10 Å². The van der Waals surface area contributed by atoms with Crippen molar-refractivity contribution in [3.63, 3.8) is 0 Å². The van der Waals surface area contributed by atoms with Crippen LogP contribution < -0.4 is 0 Å². The second-order valence-electron chi connectivity index (χ2n) is 9.30. The molecule has 0 saturated heterocycles. The molecule has 2 aromatic heterocycles. The van der Waals surface area contributed by atoms with Crippen LogP contribution in [0.15, 0.2) is 61.1 Å². The van der Waals surface area contributed by atoms with Crippen LogP contribution in [0.25, 0.3) is 17.0 Å². The van der Waals surface area contributed by atoms with Gasteiger partial charge in [0.25, 0.3) is 0 Å². The lowest BCUT2D eigenvalue weighted by Gasteiger charge is -2.29. The van der Waals surface area contributed by atoms with Gasteiger partial charge in [0, 0.05) is 65.6 Å². The third kappa shape index (κ3) is 5.25. The van der Waals surface area contributed by atoms with Crippen molar-refractivity contribution >= 4 is 34.5 Å². The lowest BCUT2D eigenvalue weighted by Crippen LogP contribution is -2.29. The number of aryl methyl sites for hydroxylation is 2. The van der Waals surface area contributed by atoms with E-state index in [4.69, 9.17) is 16.3 Å². The van der Waals surface area contributed by atoms with Gasteiger partial charge in [-0.1, -0.05) is 35.9 Å². The molecule has 0 aliphatic heterocycles. The quantitative estimate of drug-likeness (QED) is 0.227. The van der Waals surface area contributed by atoms with Crippen molar-refractivity contribution < 1.29 is 9.53 Å². The number of benzene rings is 2. The second-order valence-corrected chi connectivity index (χ2v) is 9.73. The Bertz CT molecular complexity index is 1400. The first kappa shape index (κ1) is 24.3. The summed E-state index contributed by atoms with van der Waals surface area (Å²) in [6.07, 6.45) is 12.6. The summed E-state index contributed by atoms with van der Waals surface area (Å²) in [4.78, 5) is 17.5. The van der Waals surface area contributed by atoms with Crippen molar-refractivity contribution in [3.8, 4) is 0 Å². The fourth-order valence-electron chi connectivity index (χ4n) is 5.20. The highest BCUT2D eigenvalue weighted by atomic mass is 35.5. The number of H-pyrrole nitrogens is 1. The van der Waals surface area contributed by atoms with Crippen LogP contribution in [-0.4, -0.2) is 39.3 Å². The first-order valence-corrected chi connectivity index (χ1v) is 12.8. The molecule has 1 atom stereocenters. The Morgan fingerprint density at radius 2 is 2.19 bits per heavy atom. The second kappa shape index (κ2) is 10.7. The van der Waals surface area contributed by atoms with Crippen molar-refractivity contribution in [2.24, 2.45) is 0 Å². The van der Waals surface area contributed by atoms with Crippen LogP contribution in [-0.2, 0) is 35.5 Å². The summed E-state index contributed by atoms with van der Waals surface area (Å²) in [6.45, 7) is 4.76. The predicted octanol–water partition coefficient (Wildman–Crippen LogP) is 5.96. The number of nitrogens with zero attached hydrogens (tertiary/aromatic N) is 3. The first-order valence-electron chi connectivity index (χ1n) is 12.4. The number of aromatic nitrogens is 3. The number of hydrogen-bond acceptors (Lipinski definition) is 4. The number of ether oxygens (including phenoxy) is 1. The zero-order valence-electron chi connectivity index (χ0n) is 20.7. The van der Waals surface area contributed by atoms with Gasteiger partial charge < -0.3 is 9.72 Å². The number of carbonyl (C=O) groups excluding carboxylic acids is 1. The molecular weight excluding hydrogens is 472 g/mol. The van der Waals surface area contributed by atoms with Gasteiger partial charge in [0.1, 0.15) is 0 Å². The van der Waals surface area contributed by atoms with Crippen molar-refractivity contribution in [1.82, 2.24) is 19.7 Å². The van der Waals surface area contributed by atoms with E-state index in [-0.39, 0.29) is 5.97 Å². The van der Waals surface area contributed by atoms with Crippen molar-refractivity contribution in [1.29, 1.82) is 0 Å². The molecule has 1 aliphatic carbocycles. The normalized spacial score (nSPS) is 15.3. The van der Waals surface area contributed by atoms with Gasteiger partial charge in [-0.15, -0.1) is 0 Å². The fourth-order valence-corrected chi connectivity index (χ4v) is 5.37. The minimum absolute atomic E-state index is 0.336. The molecule has 1 aliphatic rings. The van der Waals surface area contributed by atoms with Crippen LogP contribution in [0.5, 0.6) is 0 Å². The monoisotopic (exact) mass is 502 g/mol. The van der Waals surface area contributed by atoms with Gasteiger partial charge in [-0.25, -0.2) is 4.79 Å². The molecule has 186 valence electrons. The molecule has 2 aromatic carbocycles. The van der Waals surface area contributed by atoms with Crippen LogP contribution >= 0.6 is 11.6 Å². The molecule has 5 rings (SSSR count). The number of esters is 1. The number of halogens is 1. The average molecular weight is 503 g/mol. The Balaban J connectivity index is 1.39. The molecule has 0 fully saturated rings. The largest absolute Gasteiger partial charge is 0.466 e. The maximum atomic E-state index is 11.5. The summed E-state index contributed by atoms with van der Waals surface area (Å²) >= 11 is 6.18. The zero-order chi connectivity index (χ0) is 25.1. The van der Waals surface area contributed by atoms with Crippen molar-refractivity contribution in [2.45, 2.75) is 45.3 Å². The lowest BCUT2D eigenvalue weighted by atomic mass is 10.0. The summed E-state index contributed by atoms with van der Waals surface area (Å²) in [5.74, 6) is -0.341. The summed E-state index contributed by atoms with van der Waals surface area (Å²) in [5, 5.41) is 6.47. The zero-order valence-corrected chi connectivity index (χ0v) is 21.5. The van der Waals surface area contributed by atoms with Crippen LogP contribution in [0.1, 0.15) is 47.2 Å². The number of methoxy groups -OCH3 is 1. The molecule has 0 spiro atoms. The van der Waals surface area contributed by atoms with E-state index in [1.807, 2.05) is 29.1 Å². The Morgan fingerprint density at radius 1 is 1.31 bits per heavy atom. The van der Waals surface area contributed by atoms with E-state index in [0.29, 0.717) is 6.04 Å². The summed E-state index contributed by atoms with van der Waals surface area (Å²) in [6, 6.07) is 12.9. The molecular formula is C29H31ClN4O2. The number of fused-ring (bicyclic) bond motifs is 2. The van der Waals surface area contributed by atoms with E-state index < -0.39 is 0 Å². The molecule has 7 heteroatoms. The highest BCUT2D eigenvalue weighted by Gasteiger charge is 2.28. The average Bonchev–Trinajstić information content (AvgIpc) is 3.62. The molecule has 0 amide bonds. The molecule has 0 saturated carbocycles. The topological polar surface area (TPSA) is 63.2 Å². The summed E-state index contributed by atoms with van der Waals surface area (Å²) in [5.41, 5.74) is 7.35. The number of hydrogen-bond donors (Lipinski definition) is 1. The van der Waals surface area contributed by atoms with E-state index in [9.17, 15) is 4.79 Å². The smallest absolute Gasteiger partial charge is 0.330 e. The first-order chi connectivity index (χ1) is 17.5. The van der Waals surface area contributed by atoms with Crippen LogP contribution in [0.3, 0.4) is 0 Å². The molecule has 1 N–H and O–H groups in total. The molecule has 0 bridgehead atoms. The highest BCUT2D eigenvalue weighted by molar-refractivity contribution is 6.31. The molecule has 6 nitrogen and oxygen atoms in total. The minimum Gasteiger partial charge on any atom is -0.466 e. The van der Waals surface area contributed by atoms with Crippen LogP contribution in [0.2, 0.25) is 5.02 Å². The minimum atomic E-state index is -0.341. The number of rotatable bonds is 9. The van der Waals surface area contributed by atoms with E-state index in [0.717, 1.165) is 55.0 Å². The van der Waals surface area contributed by atoms with Gasteiger partial charge >= 0.3 is 5.97 Å². The molecule has 2 heterocycles. The fraction of sp³-hybridized carbons (Fsp3) is 0.310. The molecule has 4 aromatic rings. The SMILES string of the molecule is CCn1cc(CN(CCc2c[nH]c3cc(Cl)ccc23)C2CCc3cc(C=CC(=O)OC)ccc32)cn1. The van der Waals surface area contributed by atoms with E-state index in [2.05, 4.69) is 58.6 Å². The van der Waals surface area contributed by atoms with Gasteiger partial charge in [0.15, 0.2) is 0 Å². The van der Waals surface area contributed by atoms with Gasteiger partial charge in [-0.05, 0) is 66.6 Å². The molecule has 0 radical (unpaired) electrons. The standard InChI is InChI=1S/C29H31ClN4O2/c1-3-34-19-21(16-32-34)18-33(13-12-23-17-31-27-15-24(30)7-9-25(23)27)28-10-6-22-14-20(4-8-26(22)28)5-11-29(35)36-2/h4-5,7-9,11,14-17,19,28,31H,3,6,10,12-13,18H2,1-2H3. The molecule has 36 heavy (non-hydrogen) atoms. The lowest BCUT2D eigenvalue weighted by molar-refractivity contribution is -0.134. The number of aromatic amines is 1. The van der Waals surface area contributed by atoms with E-state index in [1.165, 1.54) is 40.8 Å². The maximum absolute atomic E-state index is 11.5. The van der Waals surface area contributed by atoms with Crippen LogP contribution in [0, 0.1) is 0 Å². The predicted molar refractivity (Wildman–Crippen MR) is 144 cm³/mol. The third-order valence-corrected chi connectivity index (χ3v) is 7.30. The van der Waals surface area contributed by atoms with Gasteiger partial charge in [0.05, 0.1) is 13.3 Å². The molecule has 1 unspecified atom stereocenters. The van der Waals surface area contributed by atoms with Gasteiger partial charge in [-0.3, -0.25) is 9.58 Å². The Morgan fingerprint density at radius 3 is 3.00 bits per heavy atom. The number of nitrogens with one attached hydrogen (secondary N) is 1. The van der Waals surface area contributed by atoms with E-state index >= 15 is 0 Å². The third-order valence-electron chi connectivity index (χ3n) is 7.06. The Labute approximate surface area is 216 Å². The van der Waals surface area contributed by atoms with Crippen molar-refractivity contribution in [3.05, 3.63) is 93.9 Å². The Hall–Kier alpha value is -3.35. The Kier molecular flexibility index (Phi) is 7.25. The highest BCUT2D eigenvalue weighted by Crippen LogP contribution is 2.37. The maximum Gasteiger partial charge on any atom is 0.330 e. The summed E-state index contributed by atoms with van der Waals surface area (Å²) in [7, 11) is 1.39. The van der Waals surface area contributed by atoms with Crippen LogP contribution in [0.4, 0.5) is 0 Å². The van der Waals surface area contributed by atoms with E-state index in [1.54, 1.807) is 0 Å². The van der Waals surface area contributed by atoms with Crippen molar-refractivity contribution in [2.75, 3.05) is 13.7 Å². The summed E-state index contributed by atoms with van der Waals surface area (Å²) < 4.78 is 6.71.